The number of rotatable bonds is 7. The van der Waals surface area contributed by atoms with Crippen LogP contribution >= 0.6 is 0 Å². The molecule has 48 heavy (non-hydrogen) atoms. The molecule has 0 radical (unpaired) electrons. The minimum Gasteiger partial charge on any atom is -0.488 e. The molecule has 0 saturated carbocycles. The molecule has 0 spiro atoms. The molecule has 8 rings (SSSR count). The number of piperidine rings is 1. The SMILES string of the molecule is O=C1CC[C@H](N2Cc3cc(O[C@H]4CN(Cc5cc(F)c6nc(C7CCOCC7)ccc6c5)C[C@@H]4c4ccncc4)ccc3C2=O)C(=O)N1. The van der Waals surface area contributed by atoms with Crippen LogP contribution in [0.25, 0.3) is 10.9 Å². The van der Waals surface area contributed by atoms with Gasteiger partial charge in [-0.05, 0) is 84.5 Å². The largest absolute Gasteiger partial charge is 0.488 e. The average Bonchev–Trinajstić information content (AvgIpc) is 3.64. The van der Waals surface area contributed by atoms with E-state index in [0.717, 1.165) is 40.6 Å². The second-order valence-corrected chi connectivity index (χ2v) is 13.2. The first-order valence-electron chi connectivity index (χ1n) is 16.6. The molecule has 2 aromatic heterocycles. The summed E-state index contributed by atoms with van der Waals surface area (Å²) in [6.07, 6.45) is 5.68. The zero-order valence-electron chi connectivity index (χ0n) is 26.4. The first kappa shape index (κ1) is 30.6. The van der Waals surface area contributed by atoms with Gasteiger partial charge in [-0.15, -0.1) is 0 Å². The number of halogens is 1. The third-order valence-corrected chi connectivity index (χ3v) is 10.1. The van der Waals surface area contributed by atoms with E-state index in [9.17, 15) is 14.4 Å². The third-order valence-electron chi connectivity index (χ3n) is 10.1. The molecule has 2 aromatic carbocycles. The van der Waals surface area contributed by atoms with Crippen molar-refractivity contribution in [1.82, 2.24) is 25.1 Å². The van der Waals surface area contributed by atoms with Gasteiger partial charge in [-0.1, -0.05) is 6.07 Å². The van der Waals surface area contributed by atoms with Gasteiger partial charge in [0.25, 0.3) is 5.91 Å². The number of aromatic nitrogens is 2. The van der Waals surface area contributed by atoms with Crippen molar-refractivity contribution < 1.29 is 28.2 Å². The minimum absolute atomic E-state index is 0.0388. The monoisotopic (exact) mass is 649 g/mol. The van der Waals surface area contributed by atoms with Gasteiger partial charge in [-0.25, -0.2) is 9.37 Å². The number of nitrogens with zero attached hydrogens (tertiary/aromatic N) is 4. The summed E-state index contributed by atoms with van der Waals surface area (Å²) in [5.74, 6) is -0.300. The highest BCUT2D eigenvalue weighted by Crippen LogP contribution is 2.35. The van der Waals surface area contributed by atoms with Crippen LogP contribution in [0.3, 0.4) is 0 Å². The van der Waals surface area contributed by atoms with E-state index in [2.05, 4.69) is 15.2 Å². The van der Waals surface area contributed by atoms with Gasteiger partial charge >= 0.3 is 0 Å². The zero-order chi connectivity index (χ0) is 32.8. The minimum atomic E-state index is -0.670. The predicted octanol–water partition coefficient (Wildman–Crippen LogP) is 4.47. The van der Waals surface area contributed by atoms with Crippen LogP contribution in [0, 0.1) is 5.82 Å². The van der Waals surface area contributed by atoms with Crippen molar-refractivity contribution in [2.45, 2.75) is 62.8 Å². The van der Waals surface area contributed by atoms with Crippen LogP contribution in [0.4, 0.5) is 4.39 Å². The Hall–Kier alpha value is -4.74. The second-order valence-electron chi connectivity index (χ2n) is 13.2. The Morgan fingerprint density at radius 1 is 0.958 bits per heavy atom. The highest BCUT2D eigenvalue weighted by atomic mass is 19.1. The van der Waals surface area contributed by atoms with Gasteiger partial charge in [-0.2, -0.15) is 0 Å². The maximum atomic E-state index is 15.5. The lowest BCUT2D eigenvalue weighted by molar-refractivity contribution is -0.136. The molecular formula is C37H36FN5O5. The van der Waals surface area contributed by atoms with Crippen LogP contribution in [0.1, 0.15) is 70.3 Å². The molecule has 11 heteroatoms. The lowest BCUT2D eigenvalue weighted by atomic mass is 9.95. The summed E-state index contributed by atoms with van der Waals surface area (Å²) in [7, 11) is 0. The van der Waals surface area contributed by atoms with Crippen LogP contribution in [-0.4, -0.2) is 75.9 Å². The van der Waals surface area contributed by atoms with Gasteiger partial charge in [0.15, 0.2) is 0 Å². The lowest BCUT2D eigenvalue weighted by Crippen LogP contribution is -2.52. The molecular weight excluding hydrogens is 613 g/mol. The fraction of sp³-hybridized carbons (Fsp3) is 0.378. The molecule has 3 saturated heterocycles. The van der Waals surface area contributed by atoms with E-state index in [1.807, 2.05) is 36.4 Å². The smallest absolute Gasteiger partial charge is 0.255 e. The van der Waals surface area contributed by atoms with Crippen LogP contribution in [0.2, 0.25) is 0 Å². The maximum Gasteiger partial charge on any atom is 0.255 e. The predicted molar refractivity (Wildman–Crippen MR) is 174 cm³/mol. The van der Waals surface area contributed by atoms with Gasteiger partial charge < -0.3 is 14.4 Å². The van der Waals surface area contributed by atoms with E-state index < -0.39 is 11.9 Å². The molecule has 3 atom stereocenters. The standard InChI is InChI=1S/C37H36FN5O5/c38-30-16-22(15-25-1-4-31(40-35(25)30)24-9-13-47-14-10-24)18-42-20-29(23-7-11-39-12-8-23)33(21-42)48-27-2-3-28-26(17-27)19-43(37(28)46)32-5-6-34(44)41-36(32)45/h1-4,7-8,11-12,15-17,24,29,32-33H,5-6,9-10,13-14,18-21H2,(H,41,44,45)/t29-,32+,33+/m1/s1. The van der Waals surface area contributed by atoms with E-state index in [4.69, 9.17) is 14.5 Å². The molecule has 3 fully saturated rings. The Bertz CT molecular complexity index is 1900. The second kappa shape index (κ2) is 12.7. The molecule has 4 aliphatic rings. The van der Waals surface area contributed by atoms with Gasteiger partial charge in [-0.3, -0.25) is 29.6 Å². The fourth-order valence-corrected chi connectivity index (χ4v) is 7.67. The number of likely N-dealkylation sites (tertiary alicyclic amines) is 1. The third kappa shape index (κ3) is 5.92. The zero-order valence-corrected chi connectivity index (χ0v) is 26.4. The van der Waals surface area contributed by atoms with Gasteiger partial charge in [0.2, 0.25) is 11.8 Å². The number of fused-ring (bicyclic) bond motifs is 2. The molecule has 0 aliphatic carbocycles. The number of ether oxygens (including phenoxy) is 2. The van der Waals surface area contributed by atoms with Crippen molar-refractivity contribution in [1.29, 1.82) is 0 Å². The van der Waals surface area contributed by atoms with Crippen LogP contribution < -0.4 is 10.1 Å². The van der Waals surface area contributed by atoms with E-state index in [-0.39, 0.29) is 42.6 Å². The maximum absolute atomic E-state index is 15.5. The summed E-state index contributed by atoms with van der Waals surface area (Å²) in [6.45, 7) is 3.58. The number of benzene rings is 2. The summed E-state index contributed by atoms with van der Waals surface area (Å²) in [5, 5.41) is 3.14. The first-order chi connectivity index (χ1) is 23.4. The number of nitrogens with one attached hydrogen (secondary N) is 1. The molecule has 0 bridgehead atoms. The van der Waals surface area contributed by atoms with E-state index in [1.54, 1.807) is 30.6 Å². The van der Waals surface area contributed by atoms with Crippen molar-refractivity contribution in [2.75, 3.05) is 26.3 Å². The highest BCUT2D eigenvalue weighted by molar-refractivity contribution is 6.05. The van der Waals surface area contributed by atoms with Crippen molar-refractivity contribution in [3.8, 4) is 5.75 Å². The Morgan fingerprint density at radius 2 is 1.79 bits per heavy atom. The average molecular weight is 650 g/mol. The Balaban J connectivity index is 0.998. The quantitative estimate of drug-likeness (QED) is 0.292. The van der Waals surface area contributed by atoms with Gasteiger partial charge in [0, 0.05) is 86.7 Å². The number of carbonyl (C=O) groups excluding carboxylic acids is 3. The van der Waals surface area contributed by atoms with E-state index in [0.29, 0.717) is 62.0 Å². The number of amides is 3. The summed E-state index contributed by atoms with van der Waals surface area (Å²) in [4.78, 5) is 50.1. The van der Waals surface area contributed by atoms with Gasteiger partial charge in [0.05, 0.1) is 0 Å². The molecule has 4 aromatic rings. The molecule has 246 valence electrons. The number of imide groups is 1. The Morgan fingerprint density at radius 3 is 2.60 bits per heavy atom. The summed E-state index contributed by atoms with van der Waals surface area (Å²) < 4.78 is 27.6. The van der Waals surface area contributed by atoms with E-state index >= 15 is 4.39 Å². The summed E-state index contributed by atoms with van der Waals surface area (Å²) in [6, 6.07) is 16.4. The van der Waals surface area contributed by atoms with Crippen molar-refractivity contribution in [3.05, 3.63) is 101 Å². The molecule has 4 aliphatic heterocycles. The van der Waals surface area contributed by atoms with Crippen molar-refractivity contribution in [2.24, 2.45) is 0 Å². The van der Waals surface area contributed by atoms with Crippen molar-refractivity contribution in [3.63, 3.8) is 0 Å². The number of hydrogen-bond donors (Lipinski definition) is 1. The Kier molecular flexibility index (Phi) is 8.09. The number of hydrogen-bond acceptors (Lipinski definition) is 8. The molecule has 10 nitrogen and oxygen atoms in total. The lowest BCUT2D eigenvalue weighted by Gasteiger charge is -2.29. The first-order valence-corrected chi connectivity index (χ1v) is 16.6. The number of pyridine rings is 2. The topological polar surface area (TPSA) is 114 Å². The molecule has 6 heterocycles. The van der Waals surface area contributed by atoms with E-state index in [1.165, 1.54) is 4.90 Å². The Labute approximate surface area is 277 Å². The van der Waals surface area contributed by atoms with Crippen molar-refractivity contribution >= 4 is 28.6 Å². The van der Waals surface area contributed by atoms with Crippen LogP contribution in [0.5, 0.6) is 5.75 Å². The highest BCUT2D eigenvalue weighted by Gasteiger charge is 2.40. The fourth-order valence-electron chi connectivity index (χ4n) is 7.67. The molecule has 1 N–H and O–H groups in total. The summed E-state index contributed by atoms with van der Waals surface area (Å²) in [5.41, 5.74) is 4.64. The normalized spacial score (nSPS) is 23.5. The summed E-state index contributed by atoms with van der Waals surface area (Å²) >= 11 is 0. The van der Waals surface area contributed by atoms with Crippen LogP contribution in [0.15, 0.2) is 67.0 Å². The number of carbonyl (C=O) groups is 3. The van der Waals surface area contributed by atoms with Crippen LogP contribution in [-0.2, 0) is 27.4 Å². The van der Waals surface area contributed by atoms with Gasteiger partial charge in [0.1, 0.15) is 29.2 Å². The molecule has 0 unspecified atom stereocenters. The molecule has 3 amide bonds.